The van der Waals surface area contributed by atoms with Crippen LogP contribution in [0.25, 0.3) is 0 Å². The molecule has 0 aliphatic heterocycles. The lowest BCUT2D eigenvalue weighted by Crippen LogP contribution is -2.19. The van der Waals surface area contributed by atoms with Gasteiger partial charge in [0.25, 0.3) is 11.5 Å². The van der Waals surface area contributed by atoms with Crippen molar-refractivity contribution in [1.82, 2.24) is 14.8 Å². The second-order valence-corrected chi connectivity index (χ2v) is 5.13. The zero-order valence-corrected chi connectivity index (χ0v) is 11.5. The molecule has 0 spiro atoms. The third-order valence-corrected chi connectivity index (χ3v) is 3.42. The van der Waals surface area contributed by atoms with Crippen LogP contribution in [0.5, 0.6) is 0 Å². The number of carbonyl (C=O) groups excluding carboxylic acids is 1. The van der Waals surface area contributed by atoms with Crippen LogP contribution in [0, 0.1) is 0 Å². The Morgan fingerprint density at radius 1 is 1.47 bits per heavy atom. The maximum atomic E-state index is 11.9. The van der Waals surface area contributed by atoms with Gasteiger partial charge in [0, 0.05) is 31.3 Å². The van der Waals surface area contributed by atoms with Gasteiger partial charge in [0.1, 0.15) is 5.01 Å². The van der Waals surface area contributed by atoms with Crippen LogP contribution in [-0.4, -0.2) is 20.7 Å². The molecule has 0 fully saturated rings. The van der Waals surface area contributed by atoms with Gasteiger partial charge in [-0.15, -0.1) is 10.2 Å². The van der Waals surface area contributed by atoms with Gasteiger partial charge >= 0.3 is 0 Å². The van der Waals surface area contributed by atoms with Crippen molar-refractivity contribution in [3.63, 3.8) is 0 Å². The van der Waals surface area contributed by atoms with E-state index in [1.54, 1.807) is 19.3 Å². The molecule has 0 radical (unpaired) electrons. The fourth-order valence-electron chi connectivity index (χ4n) is 1.48. The van der Waals surface area contributed by atoms with E-state index < -0.39 is 0 Å². The molecule has 1 amide bonds. The minimum atomic E-state index is -0.350. The summed E-state index contributed by atoms with van der Waals surface area (Å²) in [6.07, 6.45) is 3.39. The number of nitrogens with one attached hydrogen (secondary N) is 1. The van der Waals surface area contributed by atoms with E-state index >= 15 is 0 Å². The molecule has 2 aromatic rings. The third-order valence-electron chi connectivity index (χ3n) is 2.52. The molecule has 0 aliphatic rings. The van der Waals surface area contributed by atoms with Crippen LogP contribution in [0.15, 0.2) is 23.1 Å². The predicted molar refractivity (Wildman–Crippen MR) is 73.5 cm³/mol. The van der Waals surface area contributed by atoms with Gasteiger partial charge in [-0.1, -0.05) is 18.3 Å². The maximum absolute atomic E-state index is 11.9. The van der Waals surface area contributed by atoms with Crippen molar-refractivity contribution in [2.75, 3.05) is 5.32 Å². The topological polar surface area (TPSA) is 76.9 Å². The number of aromatic nitrogens is 3. The highest BCUT2D eigenvalue weighted by atomic mass is 32.1. The van der Waals surface area contributed by atoms with Crippen LogP contribution in [0.3, 0.4) is 0 Å². The molecule has 0 saturated heterocycles. The maximum Gasteiger partial charge on any atom is 0.257 e. The molecule has 6 nitrogen and oxygen atoms in total. The first kappa shape index (κ1) is 13.4. The van der Waals surface area contributed by atoms with Crippen molar-refractivity contribution in [3.05, 3.63) is 39.3 Å². The van der Waals surface area contributed by atoms with Crippen LogP contribution in [-0.2, 0) is 13.5 Å². The largest absolute Gasteiger partial charge is 0.319 e. The molecule has 19 heavy (non-hydrogen) atoms. The van der Waals surface area contributed by atoms with E-state index in [-0.39, 0.29) is 11.5 Å². The van der Waals surface area contributed by atoms with Crippen LogP contribution in [0.4, 0.5) is 5.13 Å². The first-order valence-corrected chi connectivity index (χ1v) is 6.72. The summed E-state index contributed by atoms with van der Waals surface area (Å²) in [5.41, 5.74) is 0.0897. The molecular formula is C12H14N4O2S. The lowest BCUT2D eigenvalue weighted by atomic mass is 10.2. The Morgan fingerprint density at radius 2 is 2.26 bits per heavy atom. The number of rotatable bonds is 4. The Labute approximate surface area is 114 Å². The van der Waals surface area contributed by atoms with Gasteiger partial charge in [-0.3, -0.25) is 14.9 Å². The summed E-state index contributed by atoms with van der Waals surface area (Å²) in [5, 5.41) is 11.9. The standard InChI is InChI=1S/C12H14N4O2S/c1-3-4-9-14-15-12(19-9)13-11(18)8-5-6-16(2)10(17)7-8/h5-7H,3-4H2,1-2H3,(H,13,15,18). The van der Waals surface area contributed by atoms with E-state index in [1.807, 2.05) is 0 Å². The van der Waals surface area contributed by atoms with E-state index in [4.69, 9.17) is 0 Å². The minimum absolute atomic E-state index is 0.225. The number of hydrogen-bond donors (Lipinski definition) is 1. The van der Waals surface area contributed by atoms with Crippen molar-refractivity contribution in [3.8, 4) is 0 Å². The van der Waals surface area contributed by atoms with Gasteiger partial charge in [0.2, 0.25) is 5.13 Å². The zero-order valence-electron chi connectivity index (χ0n) is 10.7. The summed E-state index contributed by atoms with van der Waals surface area (Å²) in [6, 6.07) is 2.88. The van der Waals surface area contributed by atoms with Crippen molar-refractivity contribution in [2.45, 2.75) is 19.8 Å². The van der Waals surface area contributed by atoms with Gasteiger partial charge in [-0.2, -0.15) is 0 Å². The van der Waals surface area contributed by atoms with E-state index in [0.29, 0.717) is 10.7 Å². The molecule has 0 bridgehead atoms. The fraction of sp³-hybridized carbons (Fsp3) is 0.333. The number of amides is 1. The molecule has 100 valence electrons. The lowest BCUT2D eigenvalue weighted by Gasteiger charge is -2.01. The predicted octanol–water partition coefficient (Wildman–Crippen LogP) is 1.44. The molecule has 0 saturated carbocycles. The first-order valence-electron chi connectivity index (χ1n) is 5.90. The van der Waals surface area contributed by atoms with Crippen LogP contribution in [0.2, 0.25) is 0 Å². The van der Waals surface area contributed by atoms with Crippen molar-refractivity contribution in [2.24, 2.45) is 7.05 Å². The Morgan fingerprint density at radius 3 is 2.95 bits per heavy atom. The minimum Gasteiger partial charge on any atom is -0.319 e. The number of hydrogen-bond acceptors (Lipinski definition) is 5. The van der Waals surface area contributed by atoms with Crippen LogP contribution in [0.1, 0.15) is 28.7 Å². The van der Waals surface area contributed by atoms with Crippen molar-refractivity contribution < 1.29 is 4.79 Å². The van der Waals surface area contributed by atoms with Crippen LogP contribution >= 0.6 is 11.3 Å². The molecule has 2 aromatic heterocycles. The Bertz CT molecular complexity index is 647. The highest BCUT2D eigenvalue weighted by molar-refractivity contribution is 7.15. The summed E-state index contributed by atoms with van der Waals surface area (Å²) in [7, 11) is 1.63. The Hall–Kier alpha value is -2.02. The molecular weight excluding hydrogens is 264 g/mol. The smallest absolute Gasteiger partial charge is 0.257 e. The van der Waals surface area contributed by atoms with Gasteiger partial charge < -0.3 is 4.57 Å². The number of pyridine rings is 1. The summed E-state index contributed by atoms with van der Waals surface area (Å²) < 4.78 is 1.40. The molecule has 7 heteroatoms. The number of carbonyl (C=O) groups is 1. The SMILES string of the molecule is CCCc1nnc(NC(=O)c2ccn(C)c(=O)c2)s1. The second kappa shape index (κ2) is 5.75. The molecule has 0 atom stereocenters. The highest BCUT2D eigenvalue weighted by Crippen LogP contribution is 2.17. The molecule has 2 rings (SSSR count). The molecule has 0 aromatic carbocycles. The third kappa shape index (κ3) is 3.25. The van der Waals surface area contributed by atoms with Gasteiger partial charge in [-0.05, 0) is 12.5 Å². The molecule has 0 unspecified atom stereocenters. The van der Waals surface area contributed by atoms with Gasteiger partial charge in [0.15, 0.2) is 0 Å². The molecule has 2 heterocycles. The van der Waals surface area contributed by atoms with Crippen LogP contribution < -0.4 is 10.9 Å². The van der Waals surface area contributed by atoms with E-state index in [2.05, 4.69) is 22.4 Å². The summed E-state index contributed by atoms with van der Waals surface area (Å²) in [5.74, 6) is -0.350. The van der Waals surface area contributed by atoms with Crippen molar-refractivity contribution >= 4 is 22.4 Å². The Balaban J connectivity index is 2.11. The number of anilines is 1. The second-order valence-electron chi connectivity index (χ2n) is 4.07. The zero-order chi connectivity index (χ0) is 13.8. The number of nitrogens with zero attached hydrogens (tertiary/aromatic N) is 3. The normalized spacial score (nSPS) is 10.4. The highest BCUT2D eigenvalue weighted by Gasteiger charge is 2.10. The average molecular weight is 278 g/mol. The monoisotopic (exact) mass is 278 g/mol. The van der Waals surface area contributed by atoms with E-state index in [0.717, 1.165) is 17.8 Å². The fourth-order valence-corrected chi connectivity index (χ4v) is 2.31. The number of aryl methyl sites for hydroxylation is 2. The van der Waals surface area contributed by atoms with E-state index in [9.17, 15) is 9.59 Å². The van der Waals surface area contributed by atoms with Gasteiger partial charge in [0.05, 0.1) is 0 Å². The van der Waals surface area contributed by atoms with E-state index in [1.165, 1.54) is 22.0 Å². The summed E-state index contributed by atoms with van der Waals surface area (Å²) in [4.78, 5) is 23.4. The van der Waals surface area contributed by atoms with Gasteiger partial charge in [-0.25, -0.2) is 0 Å². The lowest BCUT2D eigenvalue weighted by molar-refractivity contribution is 0.102. The molecule has 1 N–H and O–H groups in total. The summed E-state index contributed by atoms with van der Waals surface area (Å²) >= 11 is 1.35. The average Bonchev–Trinajstić information content (AvgIpc) is 2.80. The summed E-state index contributed by atoms with van der Waals surface area (Å²) in [6.45, 7) is 2.05. The quantitative estimate of drug-likeness (QED) is 0.918. The van der Waals surface area contributed by atoms with Crippen molar-refractivity contribution in [1.29, 1.82) is 0 Å². The molecule has 0 aliphatic carbocycles. The first-order chi connectivity index (χ1) is 9.10. The Kier molecular flexibility index (Phi) is 4.06.